The summed E-state index contributed by atoms with van der Waals surface area (Å²) < 4.78 is 55.9. The minimum Gasteiger partial charge on any atom is -0.491 e. The smallest absolute Gasteiger partial charge is 0.204 e. The molecule has 0 atom stereocenters. The van der Waals surface area contributed by atoms with Gasteiger partial charge in [0.15, 0.2) is 17.4 Å². The van der Waals surface area contributed by atoms with Gasteiger partial charge in [-0.2, -0.15) is 8.78 Å². The average Bonchev–Trinajstić information content (AvgIpc) is 2.17. The maximum Gasteiger partial charge on any atom is 0.204 e. The van der Waals surface area contributed by atoms with Crippen LogP contribution in [0, 0.1) is 23.3 Å². The number of hydrogen-bond acceptors (Lipinski definition) is 1. The van der Waals surface area contributed by atoms with Crippen LogP contribution in [0.2, 0.25) is 0 Å². The molecular formula is C8H5ClF4O. The highest BCUT2D eigenvalue weighted by atomic mass is 35.5. The van der Waals surface area contributed by atoms with Gasteiger partial charge in [0.05, 0.1) is 13.0 Å². The first-order chi connectivity index (χ1) is 6.54. The van der Waals surface area contributed by atoms with E-state index in [4.69, 9.17) is 11.6 Å². The Balaban J connectivity index is 3.55. The highest BCUT2D eigenvalue weighted by molar-refractivity contribution is 6.17. The van der Waals surface area contributed by atoms with Crippen LogP contribution in [0.15, 0.2) is 0 Å². The largest absolute Gasteiger partial charge is 0.491 e. The summed E-state index contributed by atoms with van der Waals surface area (Å²) in [6.45, 7) is 0. The van der Waals surface area contributed by atoms with E-state index in [9.17, 15) is 17.6 Å². The third-order valence-corrected chi connectivity index (χ3v) is 1.92. The van der Waals surface area contributed by atoms with Crippen LogP contribution in [-0.2, 0) is 5.88 Å². The van der Waals surface area contributed by atoms with Crippen molar-refractivity contribution in [3.63, 3.8) is 0 Å². The van der Waals surface area contributed by atoms with Crippen LogP contribution in [0.1, 0.15) is 5.56 Å². The fraction of sp³-hybridized carbons (Fsp3) is 0.250. The molecule has 0 bridgehead atoms. The SMILES string of the molecule is COc1c(F)c(F)c(CCl)c(F)c1F. The molecule has 0 aliphatic heterocycles. The summed E-state index contributed by atoms with van der Waals surface area (Å²) in [4.78, 5) is 0. The zero-order valence-electron chi connectivity index (χ0n) is 7.01. The summed E-state index contributed by atoms with van der Waals surface area (Å²) in [5, 5.41) is 0. The molecule has 0 spiro atoms. The minimum absolute atomic E-state index is 0.657. The van der Waals surface area contributed by atoms with E-state index in [0.717, 1.165) is 7.11 Å². The molecule has 0 aromatic heterocycles. The van der Waals surface area contributed by atoms with Crippen LogP contribution >= 0.6 is 11.6 Å². The second-order valence-corrected chi connectivity index (χ2v) is 2.67. The van der Waals surface area contributed by atoms with Crippen molar-refractivity contribution in [1.29, 1.82) is 0 Å². The Labute approximate surface area is 82.2 Å². The van der Waals surface area contributed by atoms with Gasteiger partial charge in [0.25, 0.3) is 0 Å². The topological polar surface area (TPSA) is 9.23 Å². The molecule has 0 saturated carbocycles. The predicted octanol–water partition coefficient (Wildman–Crippen LogP) is 2.99. The second-order valence-electron chi connectivity index (χ2n) is 2.40. The van der Waals surface area contributed by atoms with Gasteiger partial charge in [-0.15, -0.1) is 11.6 Å². The van der Waals surface area contributed by atoms with E-state index in [1.54, 1.807) is 0 Å². The molecule has 1 aromatic carbocycles. The lowest BCUT2D eigenvalue weighted by Gasteiger charge is -2.08. The van der Waals surface area contributed by atoms with E-state index in [2.05, 4.69) is 4.74 Å². The molecule has 0 saturated heterocycles. The van der Waals surface area contributed by atoms with Crippen molar-refractivity contribution in [2.75, 3.05) is 7.11 Å². The van der Waals surface area contributed by atoms with Crippen LogP contribution in [0.4, 0.5) is 17.6 Å². The Hall–Kier alpha value is -0.970. The molecule has 0 aliphatic rings. The van der Waals surface area contributed by atoms with Crippen molar-refractivity contribution in [2.24, 2.45) is 0 Å². The number of rotatable bonds is 2. The first kappa shape index (κ1) is 11.1. The number of hydrogen-bond donors (Lipinski definition) is 0. The molecule has 0 radical (unpaired) electrons. The lowest BCUT2D eigenvalue weighted by molar-refractivity contribution is 0.329. The Morgan fingerprint density at radius 2 is 1.43 bits per heavy atom. The number of methoxy groups -OCH3 is 1. The summed E-state index contributed by atoms with van der Waals surface area (Å²) in [6.07, 6.45) is 0. The number of ether oxygens (including phenoxy) is 1. The number of halogens is 5. The van der Waals surface area contributed by atoms with E-state index in [1.165, 1.54) is 0 Å². The van der Waals surface area contributed by atoms with Crippen LogP contribution in [0.25, 0.3) is 0 Å². The van der Waals surface area contributed by atoms with Crippen LogP contribution in [-0.4, -0.2) is 7.11 Å². The van der Waals surface area contributed by atoms with Gasteiger partial charge in [0.2, 0.25) is 11.6 Å². The molecule has 78 valence electrons. The van der Waals surface area contributed by atoms with E-state index >= 15 is 0 Å². The summed E-state index contributed by atoms with van der Waals surface area (Å²) in [5.41, 5.74) is -0.845. The molecule has 1 aromatic rings. The molecule has 1 rings (SSSR count). The molecule has 0 aliphatic carbocycles. The zero-order valence-corrected chi connectivity index (χ0v) is 7.76. The van der Waals surface area contributed by atoms with Crippen LogP contribution in [0.5, 0.6) is 5.75 Å². The van der Waals surface area contributed by atoms with Crippen molar-refractivity contribution in [3.8, 4) is 5.75 Å². The van der Waals surface area contributed by atoms with Crippen molar-refractivity contribution >= 4 is 11.6 Å². The molecule has 6 heteroatoms. The molecule has 0 amide bonds. The molecular weight excluding hydrogens is 224 g/mol. The van der Waals surface area contributed by atoms with Crippen molar-refractivity contribution in [3.05, 3.63) is 28.8 Å². The van der Waals surface area contributed by atoms with Crippen molar-refractivity contribution in [2.45, 2.75) is 5.88 Å². The van der Waals surface area contributed by atoms with Gasteiger partial charge in [0, 0.05) is 5.56 Å². The second kappa shape index (κ2) is 4.04. The average molecular weight is 229 g/mol. The molecule has 1 nitrogen and oxygen atoms in total. The standard InChI is InChI=1S/C8H5ClF4O/c1-14-8-6(12)4(10)3(2-9)5(11)7(8)13/h2H2,1H3. The Morgan fingerprint density at radius 1 is 1.00 bits per heavy atom. The molecule has 0 fully saturated rings. The monoisotopic (exact) mass is 228 g/mol. The van der Waals surface area contributed by atoms with Crippen molar-refractivity contribution in [1.82, 2.24) is 0 Å². The minimum atomic E-state index is -1.58. The fourth-order valence-corrected chi connectivity index (χ4v) is 1.19. The Morgan fingerprint density at radius 3 is 1.71 bits per heavy atom. The maximum atomic E-state index is 12.9. The van der Waals surface area contributed by atoms with E-state index in [1.807, 2.05) is 0 Å². The molecule has 14 heavy (non-hydrogen) atoms. The zero-order chi connectivity index (χ0) is 10.9. The predicted molar refractivity (Wildman–Crippen MR) is 42.4 cm³/mol. The van der Waals surface area contributed by atoms with Gasteiger partial charge >= 0.3 is 0 Å². The van der Waals surface area contributed by atoms with Crippen molar-refractivity contribution < 1.29 is 22.3 Å². The van der Waals surface area contributed by atoms with Gasteiger partial charge < -0.3 is 4.74 Å². The van der Waals surface area contributed by atoms with E-state index < -0.39 is 40.5 Å². The quantitative estimate of drug-likeness (QED) is 0.430. The summed E-state index contributed by atoms with van der Waals surface area (Å²) in [6, 6.07) is 0. The Kier molecular flexibility index (Phi) is 3.21. The number of alkyl halides is 1. The highest BCUT2D eigenvalue weighted by Crippen LogP contribution is 2.30. The van der Waals surface area contributed by atoms with Crippen LogP contribution < -0.4 is 4.74 Å². The normalized spacial score (nSPS) is 10.4. The van der Waals surface area contributed by atoms with Gasteiger partial charge in [-0.25, -0.2) is 8.78 Å². The number of benzene rings is 1. The van der Waals surface area contributed by atoms with E-state index in [0.29, 0.717) is 0 Å². The van der Waals surface area contributed by atoms with Gasteiger partial charge in [-0.05, 0) is 0 Å². The summed E-state index contributed by atoms with van der Waals surface area (Å²) in [7, 11) is 0.904. The van der Waals surface area contributed by atoms with Gasteiger partial charge in [0.1, 0.15) is 0 Å². The molecule has 0 unspecified atom stereocenters. The first-order valence-electron chi connectivity index (χ1n) is 3.49. The lowest BCUT2D eigenvalue weighted by Crippen LogP contribution is -2.05. The highest BCUT2D eigenvalue weighted by Gasteiger charge is 2.25. The first-order valence-corrected chi connectivity index (χ1v) is 4.02. The fourth-order valence-electron chi connectivity index (χ4n) is 0.954. The van der Waals surface area contributed by atoms with Gasteiger partial charge in [-0.1, -0.05) is 0 Å². The third kappa shape index (κ3) is 1.52. The third-order valence-electron chi connectivity index (χ3n) is 1.65. The van der Waals surface area contributed by atoms with Gasteiger partial charge in [-0.3, -0.25) is 0 Å². The lowest BCUT2D eigenvalue weighted by atomic mass is 10.2. The Bertz CT molecular complexity index is 303. The van der Waals surface area contributed by atoms with E-state index in [-0.39, 0.29) is 0 Å². The summed E-state index contributed by atoms with van der Waals surface area (Å²) >= 11 is 5.12. The molecule has 0 heterocycles. The van der Waals surface area contributed by atoms with Crippen LogP contribution in [0.3, 0.4) is 0 Å². The summed E-state index contributed by atoms with van der Waals surface area (Å²) in [5.74, 6) is -7.97. The maximum absolute atomic E-state index is 12.9. The molecule has 0 N–H and O–H groups in total.